The molecule has 6 heteroatoms. The fourth-order valence-corrected chi connectivity index (χ4v) is 2.02. The van der Waals surface area contributed by atoms with E-state index in [0.717, 1.165) is 0 Å². The van der Waals surface area contributed by atoms with Gasteiger partial charge in [0.2, 0.25) is 0 Å². The number of phenolic OH excluding ortho intramolecular Hbond substituents is 1. The summed E-state index contributed by atoms with van der Waals surface area (Å²) in [5, 5.41) is 22.0. The molecule has 0 atom stereocenters. The maximum absolute atomic E-state index is 10.8. The number of hydrogen-bond donors (Lipinski definition) is 2. The minimum absolute atomic E-state index is 0.157. The summed E-state index contributed by atoms with van der Waals surface area (Å²) >= 11 is 1.92. The first-order valence-electron chi connectivity index (χ1n) is 4.36. The first kappa shape index (κ1) is 10.9. The van der Waals surface area contributed by atoms with Crippen LogP contribution in [-0.2, 0) is 0 Å². The Hall–Kier alpha value is -1.57. The van der Waals surface area contributed by atoms with Crippen molar-refractivity contribution in [3.05, 3.63) is 39.7 Å². The van der Waals surface area contributed by atoms with E-state index in [1.54, 1.807) is 12.1 Å². The molecule has 5 nitrogen and oxygen atoms in total. The van der Waals surface area contributed by atoms with Gasteiger partial charge in [-0.1, -0.05) is 0 Å². The lowest BCUT2D eigenvalue weighted by atomic mass is 10.3. The van der Waals surface area contributed by atoms with E-state index in [1.165, 1.54) is 23.0 Å². The SMILES string of the molecule is O=C(O)c1cnn(-c2ccc(O)cc2)c1I. The molecule has 0 saturated carbocycles. The Balaban J connectivity index is 2.49. The molecular weight excluding hydrogens is 323 g/mol. The molecule has 2 aromatic rings. The zero-order valence-electron chi connectivity index (χ0n) is 7.96. The highest BCUT2D eigenvalue weighted by Crippen LogP contribution is 2.19. The van der Waals surface area contributed by atoms with Crippen LogP contribution in [0, 0.1) is 3.70 Å². The van der Waals surface area contributed by atoms with Gasteiger partial charge >= 0.3 is 5.97 Å². The third-order valence-electron chi connectivity index (χ3n) is 2.04. The van der Waals surface area contributed by atoms with Crippen molar-refractivity contribution in [1.82, 2.24) is 9.78 Å². The third kappa shape index (κ3) is 1.87. The van der Waals surface area contributed by atoms with E-state index in [-0.39, 0.29) is 11.3 Å². The molecule has 1 aromatic heterocycles. The fourth-order valence-electron chi connectivity index (χ4n) is 1.25. The number of aromatic carboxylic acids is 1. The van der Waals surface area contributed by atoms with Crippen molar-refractivity contribution in [3.8, 4) is 11.4 Å². The van der Waals surface area contributed by atoms with Crippen LogP contribution >= 0.6 is 22.6 Å². The van der Waals surface area contributed by atoms with Crippen molar-refractivity contribution < 1.29 is 15.0 Å². The van der Waals surface area contributed by atoms with Crippen molar-refractivity contribution in [1.29, 1.82) is 0 Å². The number of carboxylic acid groups (broad SMARTS) is 1. The number of carbonyl (C=O) groups is 1. The Bertz CT molecular complexity index is 533. The molecule has 0 radical (unpaired) electrons. The molecule has 1 heterocycles. The predicted octanol–water partition coefficient (Wildman–Crippen LogP) is 1.88. The lowest BCUT2D eigenvalue weighted by Gasteiger charge is -2.03. The Labute approximate surface area is 104 Å². The van der Waals surface area contributed by atoms with E-state index in [4.69, 9.17) is 10.2 Å². The molecule has 16 heavy (non-hydrogen) atoms. The minimum Gasteiger partial charge on any atom is -0.508 e. The van der Waals surface area contributed by atoms with Gasteiger partial charge in [-0.25, -0.2) is 9.48 Å². The monoisotopic (exact) mass is 330 g/mol. The second kappa shape index (κ2) is 4.12. The van der Waals surface area contributed by atoms with E-state index >= 15 is 0 Å². The maximum atomic E-state index is 10.8. The van der Waals surface area contributed by atoms with Crippen LogP contribution in [0.4, 0.5) is 0 Å². The van der Waals surface area contributed by atoms with Gasteiger partial charge in [-0.15, -0.1) is 0 Å². The Kier molecular flexibility index (Phi) is 2.82. The smallest absolute Gasteiger partial charge is 0.340 e. The van der Waals surface area contributed by atoms with Gasteiger partial charge in [0.25, 0.3) is 0 Å². The Morgan fingerprint density at radius 2 is 1.94 bits per heavy atom. The molecule has 0 amide bonds. The van der Waals surface area contributed by atoms with Crippen LogP contribution in [0.25, 0.3) is 5.69 Å². The van der Waals surface area contributed by atoms with E-state index in [9.17, 15) is 4.79 Å². The number of aromatic nitrogens is 2. The van der Waals surface area contributed by atoms with E-state index in [1.807, 2.05) is 22.6 Å². The van der Waals surface area contributed by atoms with Crippen molar-refractivity contribution in [2.45, 2.75) is 0 Å². The second-order valence-corrected chi connectivity index (χ2v) is 4.10. The van der Waals surface area contributed by atoms with E-state index < -0.39 is 5.97 Å². The first-order valence-corrected chi connectivity index (χ1v) is 5.43. The highest BCUT2D eigenvalue weighted by Gasteiger charge is 2.14. The Morgan fingerprint density at radius 3 is 2.44 bits per heavy atom. The summed E-state index contributed by atoms with van der Waals surface area (Å²) < 4.78 is 2.03. The van der Waals surface area contributed by atoms with Crippen molar-refractivity contribution >= 4 is 28.6 Å². The van der Waals surface area contributed by atoms with Gasteiger partial charge in [0.05, 0.1) is 11.9 Å². The van der Waals surface area contributed by atoms with E-state index in [2.05, 4.69) is 5.10 Å². The number of hydrogen-bond acceptors (Lipinski definition) is 3. The highest BCUT2D eigenvalue weighted by atomic mass is 127. The lowest BCUT2D eigenvalue weighted by molar-refractivity contribution is 0.0695. The zero-order valence-corrected chi connectivity index (χ0v) is 10.1. The van der Waals surface area contributed by atoms with Crippen LogP contribution in [0.3, 0.4) is 0 Å². The molecule has 0 aliphatic carbocycles. The summed E-state index contributed by atoms with van der Waals surface area (Å²) in [4.78, 5) is 10.8. The average molecular weight is 330 g/mol. The molecule has 0 saturated heterocycles. The number of rotatable bonds is 2. The standard InChI is InChI=1S/C10H7IN2O3/c11-9-8(10(15)16)5-12-13(9)6-1-3-7(14)4-2-6/h1-5,14H,(H,15,16). The molecule has 0 spiro atoms. The maximum Gasteiger partial charge on any atom is 0.340 e. The van der Waals surface area contributed by atoms with Gasteiger partial charge in [-0.3, -0.25) is 0 Å². The molecule has 0 aliphatic rings. The number of benzene rings is 1. The normalized spacial score (nSPS) is 10.3. The van der Waals surface area contributed by atoms with Crippen LogP contribution < -0.4 is 0 Å². The topological polar surface area (TPSA) is 75.3 Å². The van der Waals surface area contributed by atoms with Crippen LogP contribution in [0.1, 0.15) is 10.4 Å². The number of aromatic hydroxyl groups is 1. The number of phenols is 1. The van der Waals surface area contributed by atoms with Crippen molar-refractivity contribution in [2.75, 3.05) is 0 Å². The second-order valence-electron chi connectivity index (χ2n) is 3.08. The summed E-state index contributed by atoms with van der Waals surface area (Å²) in [6, 6.07) is 6.37. The Morgan fingerprint density at radius 1 is 1.31 bits per heavy atom. The molecule has 0 aliphatic heterocycles. The molecule has 0 bridgehead atoms. The predicted molar refractivity (Wildman–Crippen MR) is 64.9 cm³/mol. The molecule has 0 fully saturated rings. The average Bonchev–Trinajstić information content (AvgIpc) is 2.61. The fraction of sp³-hybridized carbons (Fsp3) is 0. The number of nitrogens with zero attached hydrogens (tertiary/aromatic N) is 2. The lowest BCUT2D eigenvalue weighted by Crippen LogP contribution is -2.02. The molecule has 2 N–H and O–H groups in total. The summed E-state index contributed by atoms with van der Waals surface area (Å²) in [5.41, 5.74) is 0.864. The third-order valence-corrected chi connectivity index (χ3v) is 3.07. The largest absolute Gasteiger partial charge is 0.508 e. The molecular formula is C10H7IN2O3. The van der Waals surface area contributed by atoms with Gasteiger partial charge < -0.3 is 10.2 Å². The van der Waals surface area contributed by atoms with Crippen molar-refractivity contribution in [3.63, 3.8) is 0 Å². The highest BCUT2D eigenvalue weighted by molar-refractivity contribution is 14.1. The minimum atomic E-state index is -1.01. The van der Waals surface area contributed by atoms with Crippen LogP contribution in [0.2, 0.25) is 0 Å². The van der Waals surface area contributed by atoms with Gasteiger partial charge in [-0.05, 0) is 46.9 Å². The first-order chi connectivity index (χ1) is 7.59. The number of carboxylic acids is 1. The molecule has 1 aromatic carbocycles. The van der Waals surface area contributed by atoms with Gasteiger partial charge in [-0.2, -0.15) is 5.10 Å². The molecule has 2 rings (SSSR count). The van der Waals surface area contributed by atoms with Gasteiger partial charge in [0.1, 0.15) is 15.0 Å². The summed E-state index contributed by atoms with van der Waals surface area (Å²) in [5.74, 6) is -0.848. The summed E-state index contributed by atoms with van der Waals surface area (Å²) in [7, 11) is 0. The van der Waals surface area contributed by atoms with Crippen LogP contribution in [0.15, 0.2) is 30.5 Å². The van der Waals surface area contributed by atoms with Crippen LogP contribution in [0.5, 0.6) is 5.75 Å². The summed E-state index contributed by atoms with van der Waals surface area (Å²) in [6.07, 6.45) is 1.30. The zero-order chi connectivity index (χ0) is 11.7. The van der Waals surface area contributed by atoms with E-state index in [0.29, 0.717) is 9.39 Å². The molecule has 0 unspecified atom stereocenters. The quantitative estimate of drug-likeness (QED) is 0.825. The molecule has 82 valence electrons. The summed E-state index contributed by atoms with van der Waals surface area (Å²) in [6.45, 7) is 0. The number of halogens is 1. The van der Waals surface area contributed by atoms with Crippen LogP contribution in [-0.4, -0.2) is 26.0 Å². The van der Waals surface area contributed by atoms with Crippen molar-refractivity contribution in [2.24, 2.45) is 0 Å². The van der Waals surface area contributed by atoms with Gasteiger partial charge in [0.15, 0.2) is 0 Å². The van der Waals surface area contributed by atoms with Gasteiger partial charge in [0, 0.05) is 0 Å².